The molecule has 0 spiro atoms. The van der Waals surface area contributed by atoms with Crippen LogP contribution in [0.3, 0.4) is 0 Å². The molecule has 1 saturated carbocycles. The lowest BCUT2D eigenvalue weighted by Crippen LogP contribution is -2.58. The molecule has 7 heteroatoms. The molecule has 1 amide bonds. The minimum atomic E-state index is -0.257. The summed E-state index contributed by atoms with van der Waals surface area (Å²) in [4.78, 5) is 14.9. The molecule has 7 nitrogen and oxygen atoms in total. The Balaban J connectivity index is 1.38. The number of nitrogens with one attached hydrogen (secondary N) is 2. The van der Waals surface area contributed by atoms with E-state index in [1.807, 2.05) is 36.4 Å². The molecule has 1 aliphatic heterocycles. The quantitative estimate of drug-likeness (QED) is 0.782. The number of aromatic nitrogens is 2. The van der Waals surface area contributed by atoms with Crippen LogP contribution >= 0.6 is 0 Å². The van der Waals surface area contributed by atoms with E-state index >= 15 is 0 Å². The largest absolute Gasteiger partial charge is 0.379 e. The number of para-hydroxylation sites is 1. The van der Waals surface area contributed by atoms with Gasteiger partial charge in [0.1, 0.15) is 5.82 Å². The Kier molecular flexibility index (Phi) is 6.36. The highest BCUT2D eigenvalue weighted by molar-refractivity contribution is 6.02. The van der Waals surface area contributed by atoms with Crippen LogP contribution in [0.25, 0.3) is 0 Å². The monoisotopic (exact) mass is 395 g/mol. The second-order valence-corrected chi connectivity index (χ2v) is 7.86. The average molecular weight is 396 g/mol. The summed E-state index contributed by atoms with van der Waals surface area (Å²) >= 11 is 0. The van der Waals surface area contributed by atoms with Crippen LogP contribution in [-0.4, -0.2) is 59.4 Å². The van der Waals surface area contributed by atoms with E-state index in [9.17, 15) is 4.79 Å². The van der Waals surface area contributed by atoms with Crippen LogP contribution in [0.5, 0.6) is 0 Å². The lowest BCUT2D eigenvalue weighted by Gasteiger charge is -2.48. The van der Waals surface area contributed by atoms with Crippen LogP contribution in [0.15, 0.2) is 42.5 Å². The van der Waals surface area contributed by atoms with Crippen molar-refractivity contribution in [3.05, 3.63) is 48.2 Å². The van der Waals surface area contributed by atoms with Crippen molar-refractivity contribution in [2.45, 2.75) is 37.6 Å². The van der Waals surface area contributed by atoms with E-state index in [1.165, 1.54) is 32.1 Å². The molecule has 2 N–H and O–H groups in total. The van der Waals surface area contributed by atoms with Crippen molar-refractivity contribution in [2.24, 2.45) is 0 Å². The Morgan fingerprint density at radius 3 is 2.45 bits per heavy atom. The van der Waals surface area contributed by atoms with Gasteiger partial charge in [-0.25, -0.2) is 0 Å². The average Bonchev–Trinajstić information content (AvgIpc) is 2.80. The van der Waals surface area contributed by atoms with E-state index in [-0.39, 0.29) is 11.4 Å². The van der Waals surface area contributed by atoms with E-state index in [0.29, 0.717) is 11.5 Å². The van der Waals surface area contributed by atoms with Crippen molar-refractivity contribution in [1.29, 1.82) is 0 Å². The Morgan fingerprint density at radius 2 is 1.76 bits per heavy atom. The van der Waals surface area contributed by atoms with Gasteiger partial charge < -0.3 is 15.4 Å². The first-order valence-corrected chi connectivity index (χ1v) is 10.5. The van der Waals surface area contributed by atoms with Gasteiger partial charge in [-0.05, 0) is 37.1 Å². The smallest absolute Gasteiger partial charge is 0.276 e. The fourth-order valence-corrected chi connectivity index (χ4v) is 4.37. The number of anilines is 2. The zero-order chi connectivity index (χ0) is 19.9. The molecule has 2 aliphatic rings. The molecular weight excluding hydrogens is 366 g/mol. The molecule has 154 valence electrons. The summed E-state index contributed by atoms with van der Waals surface area (Å²) in [5.74, 6) is 0.451. The number of ether oxygens (including phenoxy) is 1. The molecule has 0 bridgehead atoms. The zero-order valence-corrected chi connectivity index (χ0v) is 16.8. The number of hydrogen-bond donors (Lipinski definition) is 2. The summed E-state index contributed by atoms with van der Waals surface area (Å²) in [6, 6.07) is 12.9. The highest BCUT2D eigenvalue weighted by atomic mass is 16.5. The van der Waals surface area contributed by atoms with Gasteiger partial charge in [0.25, 0.3) is 5.91 Å². The second kappa shape index (κ2) is 9.33. The van der Waals surface area contributed by atoms with Crippen molar-refractivity contribution in [3.63, 3.8) is 0 Å². The first-order chi connectivity index (χ1) is 14.3. The molecule has 0 unspecified atom stereocenters. The molecule has 1 aromatic heterocycles. The first kappa shape index (κ1) is 19.8. The van der Waals surface area contributed by atoms with E-state index < -0.39 is 0 Å². The molecule has 29 heavy (non-hydrogen) atoms. The van der Waals surface area contributed by atoms with Crippen LogP contribution in [-0.2, 0) is 4.74 Å². The molecule has 1 aromatic carbocycles. The maximum atomic E-state index is 12.3. The molecule has 4 rings (SSSR count). The summed E-state index contributed by atoms with van der Waals surface area (Å²) < 4.78 is 5.55. The van der Waals surface area contributed by atoms with E-state index in [2.05, 4.69) is 25.7 Å². The number of benzene rings is 1. The second-order valence-electron chi connectivity index (χ2n) is 7.86. The van der Waals surface area contributed by atoms with Crippen LogP contribution in [0.2, 0.25) is 0 Å². The van der Waals surface area contributed by atoms with E-state index in [4.69, 9.17) is 4.74 Å². The van der Waals surface area contributed by atoms with Crippen LogP contribution in [0.1, 0.15) is 42.6 Å². The number of morpholine rings is 1. The fourth-order valence-electron chi connectivity index (χ4n) is 4.37. The van der Waals surface area contributed by atoms with Gasteiger partial charge in [-0.15, -0.1) is 10.2 Å². The Morgan fingerprint density at radius 1 is 1.00 bits per heavy atom. The molecule has 1 aliphatic carbocycles. The van der Waals surface area contributed by atoms with Crippen molar-refractivity contribution >= 4 is 17.4 Å². The van der Waals surface area contributed by atoms with Gasteiger partial charge in [-0.1, -0.05) is 37.5 Å². The number of rotatable bonds is 6. The predicted molar refractivity (Wildman–Crippen MR) is 113 cm³/mol. The molecule has 0 radical (unpaired) electrons. The molecule has 1 saturated heterocycles. The lowest BCUT2D eigenvalue weighted by atomic mass is 9.79. The van der Waals surface area contributed by atoms with Crippen molar-refractivity contribution in [2.75, 3.05) is 43.5 Å². The van der Waals surface area contributed by atoms with Gasteiger partial charge in [-0.3, -0.25) is 9.69 Å². The number of carbonyl (C=O) groups excluding carboxylic acids is 1. The van der Waals surface area contributed by atoms with Gasteiger partial charge in [0.15, 0.2) is 5.69 Å². The number of hydrogen-bond acceptors (Lipinski definition) is 6. The molecule has 2 heterocycles. The highest BCUT2D eigenvalue weighted by Gasteiger charge is 2.38. The standard InChI is InChI=1S/C22H29N5O2/c28-21(24-18-7-3-1-4-8-18)19-9-10-20(26-25-19)23-17-22(11-5-2-6-12-22)27-13-15-29-16-14-27/h1,3-4,7-10H,2,5-6,11-17H2,(H,23,26)(H,24,28). The molecule has 2 aromatic rings. The van der Waals surface area contributed by atoms with Crippen molar-refractivity contribution < 1.29 is 9.53 Å². The summed E-state index contributed by atoms with van der Waals surface area (Å²) in [5, 5.41) is 14.7. The molecular formula is C22H29N5O2. The minimum absolute atomic E-state index is 0.160. The third kappa shape index (κ3) is 4.92. The van der Waals surface area contributed by atoms with Crippen molar-refractivity contribution in [3.8, 4) is 0 Å². The first-order valence-electron chi connectivity index (χ1n) is 10.5. The number of carbonyl (C=O) groups is 1. The van der Waals surface area contributed by atoms with Crippen LogP contribution in [0.4, 0.5) is 11.5 Å². The Hall–Kier alpha value is -2.51. The molecule has 0 atom stereocenters. The van der Waals surface area contributed by atoms with E-state index in [1.54, 1.807) is 6.07 Å². The van der Waals surface area contributed by atoms with Gasteiger partial charge in [0, 0.05) is 30.9 Å². The summed E-state index contributed by atoms with van der Waals surface area (Å²) in [6.45, 7) is 4.45. The number of amides is 1. The maximum Gasteiger partial charge on any atom is 0.276 e. The lowest BCUT2D eigenvalue weighted by molar-refractivity contribution is -0.0318. The van der Waals surface area contributed by atoms with Crippen LogP contribution in [0, 0.1) is 0 Å². The van der Waals surface area contributed by atoms with Gasteiger partial charge in [0.2, 0.25) is 0 Å². The Labute approximate surface area is 171 Å². The van der Waals surface area contributed by atoms with Gasteiger partial charge in [0.05, 0.1) is 13.2 Å². The minimum Gasteiger partial charge on any atom is -0.379 e. The van der Waals surface area contributed by atoms with Gasteiger partial charge in [-0.2, -0.15) is 0 Å². The topological polar surface area (TPSA) is 79.4 Å². The Bertz CT molecular complexity index is 785. The third-order valence-electron chi connectivity index (χ3n) is 5.99. The normalized spacial score (nSPS) is 19.4. The third-order valence-corrected chi connectivity index (χ3v) is 5.99. The SMILES string of the molecule is O=C(Nc1ccccc1)c1ccc(NCC2(N3CCOCC3)CCCCC2)nn1. The van der Waals surface area contributed by atoms with E-state index in [0.717, 1.165) is 38.5 Å². The maximum absolute atomic E-state index is 12.3. The van der Waals surface area contributed by atoms with Crippen molar-refractivity contribution in [1.82, 2.24) is 15.1 Å². The molecule has 2 fully saturated rings. The highest BCUT2D eigenvalue weighted by Crippen LogP contribution is 2.34. The predicted octanol–water partition coefficient (Wildman–Crippen LogP) is 3.18. The fraction of sp³-hybridized carbons (Fsp3) is 0.500. The van der Waals surface area contributed by atoms with Crippen LogP contribution < -0.4 is 10.6 Å². The summed E-state index contributed by atoms with van der Waals surface area (Å²) in [6.07, 6.45) is 6.25. The number of nitrogens with zero attached hydrogens (tertiary/aromatic N) is 3. The zero-order valence-electron chi connectivity index (χ0n) is 16.8. The summed E-state index contributed by atoms with van der Waals surface area (Å²) in [7, 11) is 0. The summed E-state index contributed by atoms with van der Waals surface area (Å²) in [5.41, 5.74) is 1.21. The van der Waals surface area contributed by atoms with Gasteiger partial charge >= 0.3 is 0 Å².